The number of halogens is 2. The Morgan fingerprint density at radius 2 is 1.85 bits per heavy atom. The summed E-state index contributed by atoms with van der Waals surface area (Å²) < 4.78 is 0. The van der Waals surface area contributed by atoms with Gasteiger partial charge in [0.2, 0.25) is 5.91 Å². The highest BCUT2D eigenvalue weighted by Crippen LogP contribution is 2.52. The second-order valence-electron chi connectivity index (χ2n) is 8.65. The molecule has 4 atom stereocenters. The third kappa shape index (κ3) is 5.45. The van der Waals surface area contributed by atoms with Gasteiger partial charge in [-0.3, -0.25) is 9.59 Å². The first-order chi connectivity index (χ1) is 15.7. The minimum atomic E-state index is -1.25. The molecule has 1 fully saturated rings. The van der Waals surface area contributed by atoms with Crippen molar-refractivity contribution < 1.29 is 24.3 Å². The smallest absolute Gasteiger partial charge is 0.304 e. The number of carbonyl (C=O) groups excluding carboxylic acids is 3. The van der Waals surface area contributed by atoms with Gasteiger partial charge in [-0.1, -0.05) is 54.4 Å². The van der Waals surface area contributed by atoms with E-state index in [4.69, 9.17) is 23.2 Å². The minimum Gasteiger partial charge on any atom is -0.481 e. The van der Waals surface area contributed by atoms with Crippen LogP contribution in [0.3, 0.4) is 0 Å². The molecule has 4 unspecified atom stereocenters. The molecule has 1 aliphatic heterocycles. The number of aldehydes is 2. The maximum absolute atomic E-state index is 13.8. The monoisotopic (exact) mass is 489 g/mol. The van der Waals surface area contributed by atoms with Gasteiger partial charge in [0.25, 0.3) is 0 Å². The molecule has 6 nitrogen and oxygen atoms in total. The highest BCUT2D eigenvalue weighted by Gasteiger charge is 2.52. The van der Waals surface area contributed by atoms with Crippen molar-refractivity contribution in [1.29, 1.82) is 0 Å². The number of likely N-dealkylation sites (tertiary alicyclic amines) is 1. The number of benzene rings is 2. The number of aliphatic carboxylic acids is 1. The molecule has 0 saturated carbocycles. The Hall–Kier alpha value is -2.70. The average Bonchev–Trinajstić information content (AvgIpc) is 2.77. The molecule has 0 bridgehead atoms. The fraction of sp³-hybridized carbons (Fsp3) is 0.360. The summed E-state index contributed by atoms with van der Waals surface area (Å²) in [6.07, 6.45) is 1.47. The Morgan fingerprint density at radius 3 is 2.42 bits per heavy atom. The molecule has 33 heavy (non-hydrogen) atoms. The van der Waals surface area contributed by atoms with Crippen molar-refractivity contribution in [2.75, 3.05) is 0 Å². The Bertz CT molecular complexity index is 1040. The number of carboxylic acids is 1. The van der Waals surface area contributed by atoms with Gasteiger partial charge in [-0.2, -0.15) is 0 Å². The standard InChI is InChI=1S/C25H25Cl2NO5/c1-25(14-22(31)32)13-21(17-4-2-5-19(27)12-17)23(16-7-9-18(26)10-8-16)28(24(25)33)20(15-30)6-3-11-29/h2,4-5,7-12,15,20-21,23H,3,6,13-14H2,1H3,(H,31,32). The fourth-order valence-electron chi connectivity index (χ4n) is 4.76. The van der Waals surface area contributed by atoms with Crippen LogP contribution in [0.4, 0.5) is 0 Å². The van der Waals surface area contributed by atoms with Gasteiger partial charge in [-0.05, 0) is 48.2 Å². The Morgan fingerprint density at radius 1 is 1.15 bits per heavy atom. The minimum absolute atomic E-state index is 0.0952. The van der Waals surface area contributed by atoms with E-state index in [2.05, 4.69) is 0 Å². The summed E-state index contributed by atoms with van der Waals surface area (Å²) in [7, 11) is 0. The highest BCUT2D eigenvalue weighted by atomic mass is 35.5. The summed E-state index contributed by atoms with van der Waals surface area (Å²) in [5, 5.41) is 10.6. The molecule has 1 saturated heterocycles. The molecule has 3 rings (SSSR count). The number of amides is 1. The van der Waals surface area contributed by atoms with E-state index in [1.807, 2.05) is 6.07 Å². The lowest BCUT2D eigenvalue weighted by atomic mass is 9.67. The maximum Gasteiger partial charge on any atom is 0.304 e. The molecule has 0 radical (unpaired) electrons. The van der Waals surface area contributed by atoms with E-state index < -0.39 is 29.4 Å². The molecule has 2 aromatic carbocycles. The van der Waals surface area contributed by atoms with Gasteiger partial charge in [0.1, 0.15) is 12.6 Å². The molecule has 0 aromatic heterocycles. The molecule has 0 aliphatic carbocycles. The molecule has 1 aliphatic rings. The average molecular weight is 490 g/mol. The van der Waals surface area contributed by atoms with E-state index in [1.165, 1.54) is 4.90 Å². The van der Waals surface area contributed by atoms with E-state index in [-0.39, 0.29) is 31.6 Å². The summed E-state index contributed by atoms with van der Waals surface area (Å²) in [4.78, 5) is 50.2. The molecule has 1 N–H and O–H groups in total. The molecule has 174 valence electrons. The zero-order chi connectivity index (χ0) is 24.2. The van der Waals surface area contributed by atoms with Crippen molar-refractivity contribution in [3.05, 3.63) is 69.7 Å². The van der Waals surface area contributed by atoms with Crippen LogP contribution >= 0.6 is 23.2 Å². The van der Waals surface area contributed by atoms with Crippen LogP contribution in [0.5, 0.6) is 0 Å². The SMILES string of the molecule is CC1(CC(=O)O)CC(c2cccc(Cl)c2)C(c2ccc(Cl)cc2)N(C(C=O)CCC=O)C1=O. The quantitative estimate of drug-likeness (QED) is 0.495. The Labute approximate surface area is 202 Å². The Balaban J connectivity index is 2.23. The van der Waals surface area contributed by atoms with Crippen LogP contribution < -0.4 is 0 Å². The highest BCUT2D eigenvalue weighted by molar-refractivity contribution is 6.30. The Kier molecular flexibility index (Phi) is 7.92. The summed E-state index contributed by atoms with van der Waals surface area (Å²) in [6.45, 7) is 1.62. The normalized spacial score (nSPS) is 23.7. The lowest BCUT2D eigenvalue weighted by Crippen LogP contribution is -2.56. The first-order valence-electron chi connectivity index (χ1n) is 10.6. The van der Waals surface area contributed by atoms with Crippen molar-refractivity contribution >= 4 is 47.7 Å². The van der Waals surface area contributed by atoms with Crippen LogP contribution in [-0.4, -0.2) is 40.5 Å². The predicted molar refractivity (Wildman–Crippen MR) is 125 cm³/mol. The molecule has 0 spiro atoms. The van der Waals surface area contributed by atoms with Crippen LogP contribution in [0.15, 0.2) is 48.5 Å². The molecule has 1 amide bonds. The molecular weight excluding hydrogens is 465 g/mol. The van der Waals surface area contributed by atoms with Gasteiger partial charge in [0, 0.05) is 22.4 Å². The number of hydrogen-bond acceptors (Lipinski definition) is 4. The van der Waals surface area contributed by atoms with Crippen LogP contribution in [0.25, 0.3) is 0 Å². The van der Waals surface area contributed by atoms with E-state index in [0.29, 0.717) is 22.6 Å². The van der Waals surface area contributed by atoms with Crippen molar-refractivity contribution in [3.8, 4) is 0 Å². The van der Waals surface area contributed by atoms with E-state index in [1.54, 1.807) is 49.4 Å². The lowest BCUT2D eigenvalue weighted by Gasteiger charge is -2.51. The molecule has 8 heteroatoms. The van der Waals surface area contributed by atoms with Gasteiger partial charge >= 0.3 is 5.97 Å². The van der Waals surface area contributed by atoms with E-state index in [0.717, 1.165) is 11.1 Å². The van der Waals surface area contributed by atoms with Crippen molar-refractivity contribution in [2.24, 2.45) is 5.41 Å². The fourth-order valence-corrected chi connectivity index (χ4v) is 5.08. The van der Waals surface area contributed by atoms with Crippen LogP contribution in [0.1, 0.15) is 55.7 Å². The number of piperidine rings is 1. The van der Waals surface area contributed by atoms with Crippen LogP contribution in [0, 0.1) is 5.41 Å². The molecule has 1 heterocycles. The summed E-state index contributed by atoms with van der Waals surface area (Å²) >= 11 is 12.4. The van der Waals surface area contributed by atoms with Gasteiger partial charge < -0.3 is 19.6 Å². The third-order valence-corrected chi connectivity index (χ3v) is 6.71. The first kappa shape index (κ1) is 24.9. The number of carboxylic acid groups (broad SMARTS) is 1. The molecule has 2 aromatic rings. The van der Waals surface area contributed by atoms with Gasteiger partial charge in [-0.25, -0.2) is 0 Å². The van der Waals surface area contributed by atoms with Gasteiger partial charge in [-0.15, -0.1) is 0 Å². The number of nitrogens with zero attached hydrogens (tertiary/aromatic N) is 1. The maximum atomic E-state index is 13.8. The second kappa shape index (κ2) is 10.5. The summed E-state index contributed by atoms with van der Waals surface area (Å²) in [5.74, 6) is -1.87. The van der Waals surface area contributed by atoms with Crippen molar-refractivity contribution in [3.63, 3.8) is 0 Å². The zero-order valence-corrected chi connectivity index (χ0v) is 19.6. The van der Waals surface area contributed by atoms with Gasteiger partial charge in [0.15, 0.2) is 0 Å². The summed E-state index contributed by atoms with van der Waals surface area (Å²) in [5.41, 5.74) is 0.342. The summed E-state index contributed by atoms with van der Waals surface area (Å²) in [6, 6.07) is 12.8. The van der Waals surface area contributed by atoms with Gasteiger partial charge in [0.05, 0.1) is 23.9 Å². The van der Waals surface area contributed by atoms with Crippen molar-refractivity contribution in [1.82, 2.24) is 4.90 Å². The number of hydrogen-bond donors (Lipinski definition) is 1. The zero-order valence-electron chi connectivity index (χ0n) is 18.1. The topological polar surface area (TPSA) is 91.8 Å². The lowest BCUT2D eigenvalue weighted by molar-refractivity contribution is -0.161. The van der Waals surface area contributed by atoms with E-state index in [9.17, 15) is 24.3 Å². The van der Waals surface area contributed by atoms with Crippen molar-refractivity contribution in [2.45, 2.75) is 50.6 Å². The van der Waals surface area contributed by atoms with Crippen LogP contribution in [-0.2, 0) is 19.2 Å². The number of carbonyl (C=O) groups is 4. The second-order valence-corrected chi connectivity index (χ2v) is 9.53. The molecular formula is C25H25Cl2NO5. The van der Waals surface area contributed by atoms with Crippen LogP contribution in [0.2, 0.25) is 10.0 Å². The largest absolute Gasteiger partial charge is 0.481 e. The predicted octanol–water partition coefficient (Wildman–Crippen LogP) is 5.08. The van der Waals surface area contributed by atoms with E-state index >= 15 is 0 Å². The third-order valence-electron chi connectivity index (χ3n) is 6.23. The number of rotatable bonds is 9. The first-order valence-corrected chi connectivity index (χ1v) is 11.4.